The Balaban J connectivity index is 2.08. The van der Waals surface area contributed by atoms with E-state index >= 15 is 0 Å². The van der Waals surface area contributed by atoms with Crippen LogP contribution in [0.4, 0.5) is 11.5 Å². The number of H-pyrrole nitrogens is 1. The van der Waals surface area contributed by atoms with E-state index in [0.717, 1.165) is 23.1 Å². The fourth-order valence-corrected chi connectivity index (χ4v) is 3.74. The first kappa shape index (κ1) is 24.3. The Kier molecular flexibility index (Phi) is 7.09. The highest BCUT2D eigenvalue weighted by Gasteiger charge is 2.30. The molecular formula is C21H25Cl2N7O3. The number of benzene rings is 1. The molecule has 0 fully saturated rings. The number of hydrogen-bond acceptors (Lipinski definition) is 8. The van der Waals surface area contributed by atoms with Crippen LogP contribution in [0.5, 0.6) is 5.75 Å². The summed E-state index contributed by atoms with van der Waals surface area (Å²) >= 11 is 12.9. The van der Waals surface area contributed by atoms with E-state index in [1.807, 2.05) is 13.8 Å². The number of anilines is 2. The highest BCUT2D eigenvalue weighted by atomic mass is 35.5. The Bertz CT molecular complexity index is 1290. The van der Waals surface area contributed by atoms with Gasteiger partial charge in [0, 0.05) is 23.4 Å². The van der Waals surface area contributed by atoms with Crippen LogP contribution < -0.4 is 37.6 Å². The predicted octanol–water partition coefficient (Wildman–Crippen LogP) is 2.86. The molecule has 2 aromatic rings. The first-order valence-electron chi connectivity index (χ1n) is 10.2. The van der Waals surface area contributed by atoms with Crippen molar-refractivity contribution in [2.24, 2.45) is 17.4 Å². The van der Waals surface area contributed by atoms with Crippen LogP contribution in [0.25, 0.3) is 5.69 Å². The van der Waals surface area contributed by atoms with Crippen molar-refractivity contribution in [2.75, 3.05) is 10.2 Å². The molecule has 1 aliphatic heterocycles. The van der Waals surface area contributed by atoms with E-state index in [1.165, 1.54) is 16.6 Å². The fourth-order valence-electron chi connectivity index (χ4n) is 3.28. The first-order valence-corrected chi connectivity index (χ1v) is 10.9. The van der Waals surface area contributed by atoms with Crippen LogP contribution in [0.2, 0.25) is 5.02 Å². The molecule has 176 valence electrons. The Labute approximate surface area is 200 Å². The van der Waals surface area contributed by atoms with Gasteiger partial charge < -0.3 is 21.9 Å². The quantitative estimate of drug-likeness (QED) is 0.353. The number of fused-ring (bicyclic) bond motifs is 1. The van der Waals surface area contributed by atoms with Crippen LogP contribution >= 0.6 is 23.4 Å². The number of nitrogens with one attached hydrogen (secondary N) is 1. The summed E-state index contributed by atoms with van der Waals surface area (Å²) < 4.78 is 8.02. The molecule has 33 heavy (non-hydrogen) atoms. The second kappa shape index (κ2) is 9.63. The van der Waals surface area contributed by atoms with Crippen molar-refractivity contribution in [3.05, 3.63) is 73.0 Å². The van der Waals surface area contributed by atoms with Crippen LogP contribution in [-0.4, -0.2) is 14.8 Å². The molecule has 1 aromatic carbocycles. The molecule has 12 heteroatoms. The summed E-state index contributed by atoms with van der Waals surface area (Å²) in [6, 6.07) is 2.96. The first-order chi connectivity index (χ1) is 15.5. The summed E-state index contributed by atoms with van der Waals surface area (Å²) in [6.07, 6.45) is 5.55. The lowest BCUT2D eigenvalue weighted by atomic mass is 9.93. The molecule has 1 aliphatic rings. The maximum Gasteiger partial charge on any atom is 0.349 e. The van der Waals surface area contributed by atoms with Gasteiger partial charge in [-0.3, -0.25) is 9.78 Å². The normalized spacial score (nSPS) is 14.5. The monoisotopic (exact) mass is 493 g/mol. The topological polar surface area (TPSA) is 158 Å². The van der Waals surface area contributed by atoms with Crippen molar-refractivity contribution in [3.8, 4) is 11.4 Å². The van der Waals surface area contributed by atoms with Crippen LogP contribution in [-0.2, 0) is 0 Å². The van der Waals surface area contributed by atoms with Gasteiger partial charge in [-0.1, -0.05) is 44.9 Å². The van der Waals surface area contributed by atoms with Crippen LogP contribution in [0, 0.1) is 5.92 Å². The maximum absolute atomic E-state index is 12.2. The number of aromatic nitrogens is 3. The van der Waals surface area contributed by atoms with Crippen molar-refractivity contribution in [1.29, 1.82) is 0 Å². The largest absolute Gasteiger partial charge is 0.436 e. The zero-order valence-electron chi connectivity index (χ0n) is 18.4. The lowest BCUT2D eigenvalue weighted by Gasteiger charge is -2.16. The molecule has 0 spiro atoms. The molecule has 1 aromatic heterocycles. The summed E-state index contributed by atoms with van der Waals surface area (Å²) in [4.78, 5) is 25.8. The minimum absolute atomic E-state index is 0.120. The van der Waals surface area contributed by atoms with Gasteiger partial charge in [-0.15, -0.1) is 5.10 Å². The van der Waals surface area contributed by atoms with Gasteiger partial charge in [-0.25, -0.2) is 9.21 Å². The lowest BCUT2D eigenvalue weighted by molar-refractivity contribution is 0.450. The maximum atomic E-state index is 12.2. The van der Waals surface area contributed by atoms with Gasteiger partial charge in [0.1, 0.15) is 11.5 Å². The number of halogens is 2. The molecule has 3 rings (SSSR count). The molecule has 0 unspecified atom stereocenters. The molecule has 0 radical (unpaired) electrons. The molecule has 10 nitrogen and oxygen atoms in total. The van der Waals surface area contributed by atoms with Crippen molar-refractivity contribution >= 4 is 34.9 Å². The Morgan fingerprint density at radius 1 is 1.30 bits per heavy atom. The number of unbranched alkanes of at least 4 members (excludes halogenated alkanes) is 1. The second-order valence-corrected chi connectivity index (χ2v) is 8.41. The van der Waals surface area contributed by atoms with Crippen LogP contribution in [0.1, 0.15) is 33.6 Å². The van der Waals surface area contributed by atoms with E-state index < -0.39 is 11.2 Å². The number of allylic oxidation sites excluding steroid dienone is 4. The second-order valence-electron chi connectivity index (χ2n) is 7.67. The van der Waals surface area contributed by atoms with Crippen molar-refractivity contribution < 1.29 is 4.74 Å². The number of aromatic amines is 1. The molecule has 0 saturated carbocycles. The average Bonchev–Trinajstić information content (AvgIpc) is 3.06. The third-order valence-electron chi connectivity index (χ3n) is 4.88. The molecule has 0 aliphatic carbocycles. The minimum Gasteiger partial charge on any atom is -0.436 e. The van der Waals surface area contributed by atoms with Crippen molar-refractivity contribution in [3.63, 3.8) is 0 Å². The third kappa shape index (κ3) is 4.86. The highest BCUT2D eigenvalue weighted by molar-refractivity contribution is 6.34. The summed E-state index contributed by atoms with van der Waals surface area (Å²) in [7, 11) is 0. The number of rotatable bonds is 6. The number of nitrogen functional groups attached to an aromatic ring is 1. The summed E-state index contributed by atoms with van der Waals surface area (Å²) in [5, 5.41) is 3.97. The number of hydrogen-bond donors (Lipinski definition) is 4. The van der Waals surface area contributed by atoms with E-state index in [9.17, 15) is 9.59 Å². The smallest absolute Gasteiger partial charge is 0.349 e. The highest BCUT2D eigenvalue weighted by Crippen LogP contribution is 2.46. The SMILES string of the molecule is CCC/C=C(\C(/C=C1/Oc2c(Cl)cc(-n3nc(N)c(=O)[nH]c3=O)cc2N1Cl)=C(N)N)C(C)C. The van der Waals surface area contributed by atoms with E-state index in [2.05, 4.69) is 23.1 Å². The van der Waals surface area contributed by atoms with Crippen LogP contribution in [0.15, 0.2) is 56.7 Å². The lowest BCUT2D eigenvalue weighted by Crippen LogP contribution is -2.33. The number of nitrogens with zero attached hydrogens (tertiary/aromatic N) is 3. The fraction of sp³-hybridized carbons (Fsp3) is 0.286. The van der Waals surface area contributed by atoms with Gasteiger partial charge in [0.05, 0.1) is 10.7 Å². The van der Waals surface area contributed by atoms with Gasteiger partial charge in [-0.05, 0) is 30.0 Å². The zero-order valence-corrected chi connectivity index (χ0v) is 19.9. The third-order valence-corrected chi connectivity index (χ3v) is 5.51. The molecule has 0 saturated heterocycles. The summed E-state index contributed by atoms with van der Waals surface area (Å²) in [5.41, 5.74) is 18.1. The summed E-state index contributed by atoms with van der Waals surface area (Å²) in [5.74, 6) is 0.384. The molecular weight excluding hydrogens is 469 g/mol. The number of nitrogens with two attached hydrogens (primary N) is 3. The van der Waals surface area contributed by atoms with E-state index in [1.54, 1.807) is 6.08 Å². The van der Waals surface area contributed by atoms with Gasteiger partial charge in [0.15, 0.2) is 5.75 Å². The summed E-state index contributed by atoms with van der Waals surface area (Å²) in [6.45, 7) is 6.15. The van der Waals surface area contributed by atoms with Gasteiger partial charge >= 0.3 is 5.69 Å². The van der Waals surface area contributed by atoms with Gasteiger partial charge in [0.2, 0.25) is 11.7 Å². The van der Waals surface area contributed by atoms with Crippen molar-refractivity contribution in [2.45, 2.75) is 33.6 Å². The molecule has 0 bridgehead atoms. The Morgan fingerprint density at radius 2 is 2.00 bits per heavy atom. The molecule has 0 atom stereocenters. The zero-order chi connectivity index (χ0) is 24.4. The minimum atomic E-state index is -0.787. The van der Waals surface area contributed by atoms with Crippen molar-refractivity contribution in [1.82, 2.24) is 14.8 Å². The average molecular weight is 494 g/mol. The number of ether oxygens (including phenoxy) is 1. The van der Waals surface area contributed by atoms with Gasteiger partial charge in [-0.2, -0.15) is 4.68 Å². The Hall–Kier alpha value is -3.37. The van der Waals surface area contributed by atoms with E-state index in [4.69, 9.17) is 45.3 Å². The van der Waals surface area contributed by atoms with Crippen LogP contribution in [0.3, 0.4) is 0 Å². The van der Waals surface area contributed by atoms with E-state index in [0.29, 0.717) is 11.3 Å². The molecule has 0 amide bonds. The molecule has 2 heterocycles. The standard InChI is InChI=1S/C21H25Cl2N7O3/c1-4-5-6-12(10(2)3)13(18(24)25)9-16-29(23)15-8-11(7-14(22)17(15)33-16)30-21(32)27-20(31)19(26)28-30/h6-10H,4-5,24-25H2,1-3H3,(H2,26,28)(H,27,31,32)/b12-6-,16-9+. The Morgan fingerprint density at radius 3 is 2.61 bits per heavy atom. The van der Waals surface area contributed by atoms with E-state index in [-0.39, 0.29) is 39.9 Å². The van der Waals surface area contributed by atoms with Gasteiger partial charge in [0.25, 0.3) is 5.56 Å². The molecule has 7 N–H and O–H groups in total. The predicted molar refractivity (Wildman–Crippen MR) is 130 cm³/mol.